The minimum absolute atomic E-state index is 0.151. The van der Waals surface area contributed by atoms with E-state index in [1.165, 1.54) is 24.6 Å². The molecule has 2 atom stereocenters. The van der Waals surface area contributed by atoms with Gasteiger partial charge in [-0.1, -0.05) is 6.07 Å². The van der Waals surface area contributed by atoms with Crippen molar-refractivity contribution in [2.75, 3.05) is 19.1 Å². The third-order valence-corrected chi connectivity index (χ3v) is 8.76. The van der Waals surface area contributed by atoms with E-state index >= 15 is 0 Å². The largest absolute Gasteiger partial charge is 0.497 e. The normalized spacial score (nSPS) is 18.0. The Balaban J connectivity index is 1.36. The number of ether oxygens (including phenoxy) is 2. The maximum atomic E-state index is 14.9. The van der Waals surface area contributed by atoms with Gasteiger partial charge in [-0.2, -0.15) is 0 Å². The van der Waals surface area contributed by atoms with Crippen molar-refractivity contribution in [3.05, 3.63) is 101 Å². The molecule has 4 aromatic rings. The molecular weight excluding hydrogens is 562 g/mol. The number of hydrogen-bond acceptors (Lipinski definition) is 6. The van der Waals surface area contributed by atoms with Crippen LogP contribution in [0.3, 0.4) is 0 Å². The van der Waals surface area contributed by atoms with Crippen molar-refractivity contribution in [2.24, 2.45) is 0 Å². The molecule has 0 spiro atoms. The fourth-order valence-corrected chi connectivity index (χ4v) is 6.57. The van der Waals surface area contributed by atoms with Gasteiger partial charge in [-0.05, 0) is 81.1 Å². The molecule has 2 aromatic heterocycles. The summed E-state index contributed by atoms with van der Waals surface area (Å²) < 4.78 is 40.7. The minimum atomic E-state index is -0.709. The first kappa shape index (κ1) is 29.5. The highest BCUT2D eigenvalue weighted by molar-refractivity contribution is 5.99. The van der Waals surface area contributed by atoms with Crippen LogP contribution in [0.25, 0.3) is 11.3 Å². The summed E-state index contributed by atoms with van der Waals surface area (Å²) in [6, 6.07) is 15.7. The van der Waals surface area contributed by atoms with E-state index in [2.05, 4.69) is 29.8 Å². The van der Waals surface area contributed by atoms with Crippen molar-refractivity contribution in [1.82, 2.24) is 14.9 Å². The summed E-state index contributed by atoms with van der Waals surface area (Å²) in [5.74, 6) is -0.380. The van der Waals surface area contributed by atoms with Crippen LogP contribution in [0.2, 0.25) is 0 Å². The number of rotatable bonds is 8. The third-order valence-electron chi connectivity index (χ3n) is 8.76. The summed E-state index contributed by atoms with van der Waals surface area (Å²) in [5.41, 5.74) is 4.11. The second kappa shape index (κ2) is 12.2. The van der Waals surface area contributed by atoms with E-state index in [-0.39, 0.29) is 30.3 Å². The van der Waals surface area contributed by atoms with Gasteiger partial charge < -0.3 is 19.3 Å². The Morgan fingerprint density at radius 1 is 0.909 bits per heavy atom. The van der Waals surface area contributed by atoms with Crippen LogP contribution in [0.4, 0.5) is 14.5 Å². The van der Waals surface area contributed by atoms with Crippen LogP contribution in [0.1, 0.15) is 66.0 Å². The second-order valence-corrected chi connectivity index (χ2v) is 11.6. The Kier molecular flexibility index (Phi) is 8.21. The number of carbonyl (C=O) groups is 1. The minimum Gasteiger partial charge on any atom is -0.497 e. The SMILES string of the molecule is COc1ccc(CN2Cc3nc(-c4c(F)cccc4F)cc(Cc4ccc(N5[C@H](C)CCC[C@@H]5C)cn4)c3C2=O)c(OC)c1. The van der Waals surface area contributed by atoms with Gasteiger partial charge in [0.05, 0.1) is 61.7 Å². The molecule has 9 heteroatoms. The average molecular weight is 599 g/mol. The van der Waals surface area contributed by atoms with Gasteiger partial charge in [-0.15, -0.1) is 0 Å². The Morgan fingerprint density at radius 3 is 2.32 bits per heavy atom. The molecule has 1 saturated heterocycles. The molecule has 0 saturated carbocycles. The van der Waals surface area contributed by atoms with Crippen LogP contribution < -0.4 is 14.4 Å². The van der Waals surface area contributed by atoms with Gasteiger partial charge in [0.1, 0.15) is 23.1 Å². The molecular formula is C35H36F2N4O3. The third kappa shape index (κ3) is 5.58. The number of pyridine rings is 2. The topological polar surface area (TPSA) is 67.8 Å². The molecule has 7 nitrogen and oxygen atoms in total. The lowest BCUT2D eigenvalue weighted by Gasteiger charge is -2.40. The number of aromatic nitrogens is 2. The first-order valence-corrected chi connectivity index (χ1v) is 15.0. The van der Waals surface area contributed by atoms with Crippen molar-refractivity contribution < 1.29 is 23.0 Å². The molecule has 1 amide bonds. The van der Waals surface area contributed by atoms with Crippen LogP contribution in [0.15, 0.2) is 60.8 Å². The summed E-state index contributed by atoms with van der Waals surface area (Å²) in [6.07, 6.45) is 5.71. The molecule has 1 fully saturated rings. The van der Waals surface area contributed by atoms with Crippen molar-refractivity contribution >= 4 is 11.6 Å². The van der Waals surface area contributed by atoms with E-state index in [0.29, 0.717) is 46.8 Å². The van der Waals surface area contributed by atoms with Crippen molar-refractivity contribution in [3.63, 3.8) is 0 Å². The summed E-state index contributed by atoms with van der Waals surface area (Å²) in [4.78, 5) is 27.4. The standard InChI is InChI=1S/C35H36F2N4O3/c1-21-7-5-8-22(2)41(21)26-13-12-25(38-18-26)15-24-16-30(34-28(36)9-6-10-29(34)37)39-31-20-40(35(42)33(24)31)19-23-11-14-27(43-3)17-32(23)44-4/h6,9-14,16-18,21-22H,5,7-8,15,19-20H2,1-4H3/t21-,22+. The number of nitrogens with zero attached hydrogens (tertiary/aromatic N) is 4. The van der Waals surface area contributed by atoms with E-state index in [4.69, 9.17) is 14.5 Å². The highest BCUT2D eigenvalue weighted by Crippen LogP contribution is 2.35. The maximum absolute atomic E-state index is 14.9. The summed E-state index contributed by atoms with van der Waals surface area (Å²) >= 11 is 0. The molecule has 0 aliphatic carbocycles. The highest BCUT2D eigenvalue weighted by Gasteiger charge is 2.33. The zero-order valence-electron chi connectivity index (χ0n) is 25.4. The lowest BCUT2D eigenvalue weighted by Crippen LogP contribution is -2.43. The predicted octanol–water partition coefficient (Wildman–Crippen LogP) is 6.95. The molecule has 2 aliphatic rings. The van der Waals surface area contributed by atoms with Gasteiger partial charge in [0.15, 0.2) is 0 Å². The average Bonchev–Trinajstić information content (AvgIpc) is 3.32. The molecule has 0 unspecified atom stereocenters. The number of piperidine rings is 1. The van der Waals surface area contributed by atoms with Gasteiger partial charge in [0, 0.05) is 35.8 Å². The number of fused-ring (bicyclic) bond motifs is 1. The Morgan fingerprint density at radius 2 is 1.66 bits per heavy atom. The lowest BCUT2D eigenvalue weighted by atomic mass is 9.96. The molecule has 0 radical (unpaired) electrons. The van der Waals surface area contributed by atoms with Crippen molar-refractivity contribution in [1.29, 1.82) is 0 Å². The van der Waals surface area contributed by atoms with Gasteiger partial charge in [0.2, 0.25) is 0 Å². The number of halogens is 2. The first-order valence-electron chi connectivity index (χ1n) is 15.0. The fraction of sp³-hybridized carbons (Fsp3) is 0.343. The molecule has 4 heterocycles. The lowest BCUT2D eigenvalue weighted by molar-refractivity contribution is 0.0764. The van der Waals surface area contributed by atoms with Crippen LogP contribution in [-0.2, 0) is 19.5 Å². The number of carbonyl (C=O) groups excluding carboxylic acids is 1. The quantitative estimate of drug-likeness (QED) is 0.219. The Bertz CT molecular complexity index is 1660. The van der Waals surface area contributed by atoms with Crippen LogP contribution in [0.5, 0.6) is 11.5 Å². The fourth-order valence-electron chi connectivity index (χ4n) is 6.57. The van der Waals surface area contributed by atoms with Crippen molar-refractivity contribution in [2.45, 2.75) is 64.7 Å². The monoisotopic (exact) mass is 598 g/mol. The summed E-state index contributed by atoms with van der Waals surface area (Å²) in [7, 11) is 3.15. The summed E-state index contributed by atoms with van der Waals surface area (Å²) in [5, 5.41) is 0. The van der Waals surface area contributed by atoms with Crippen LogP contribution >= 0.6 is 0 Å². The van der Waals surface area contributed by atoms with Gasteiger partial charge >= 0.3 is 0 Å². The van der Waals surface area contributed by atoms with Gasteiger partial charge in [-0.3, -0.25) is 9.78 Å². The van der Waals surface area contributed by atoms with Crippen molar-refractivity contribution in [3.8, 4) is 22.8 Å². The molecule has 2 aliphatic heterocycles. The number of benzene rings is 2. The number of hydrogen-bond donors (Lipinski definition) is 0. The van der Waals surface area contributed by atoms with Crippen LogP contribution in [-0.4, -0.2) is 47.1 Å². The van der Waals surface area contributed by atoms with Crippen LogP contribution in [0, 0.1) is 11.6 Å². The Hall–Kier alpha value is -4.53. The molecule has 228 valence electrons. The van der Waals surface area contributed by atoms with E-state index in [9.17, 15) is 13.6 Å². The Labute approximate surface area is 256 Å². The van der Waals surface area contributed by atoms with E-state index < -0.39 is 11.6 Å². The van der Waals surface area contributed by atoms with E-state index in [1.807, 2.05) is 24.4 Å². The van der Waals surface area contributed by atoms with Gasteiger partial charge in [-0.25, -0.2) is 13.8 Å². The predicted molar refractivity (Wildman–Crippen MR) is 165 cm³/mol. The van der Waals surface area contributed by atoms with E-state index in [0.717, 1.165) is 29.8 Å². The molecule has 6 rings (SSSR count). The first-order chi connectivity index (χ1) is 21.3. The molecule has 44 heavy (non-hydrogen) atoms. The smallest absolute Gasteiger partial charge is 0.256 e. The van der Waals surface area contributed by atoms with Gasteiger partial charge in [0.25, 0.3) is 5.91 Å². The molecule has 0 bridgehead atoms. The maximum Gasteiger partial charge on any atom is 0.256 e. The van der Waals surface area contributed by atoms with E-state index in [1.54, 1.807) is 31.3 Å². The second-order valence-electron chi connectivity index (χ2n) is 11.6. The zero-order chi connectivity index (χ0) is 31.0. The summed E-state index contributed by atoms with van der Waals surface area (Å²) in [6.45, 7) is 4.94. The zero-order valence-corrected chi connectivity index (χ0v) is 25.4. The number of methoxy groups -OCH3 is 2. The number of amides is 1. The highest BCUT2D eigenvalue weighted by atomic mass is 19.1. The molecule has 0 N–H and O–H groups in total. The number of anilines is 1. The molecule has 2 aromatic carbocycles.